The van der Waals surface area contributed by atoms with Crippen molar-refractivity contribution in [1.82, 2.24) is 19.7 Å². The van der Waals surface area contributed by atoms with Gasteiger partial charge in [-0.1, -0.05) is 152 Å². The van der Waals surface area contributed by atoms with Gasteiger partial charge in [-0.2, -0.15) is 5.10 Å². The third-order valence-electron chi connectivity index (χ3n) is 9.05. The van der Waals surface area contributed by atoms with Crippen molar-refractivity contribution in [3.8, 4) is 62.0 Å². The Labute approximate surface area is 284 Å². The maximum atomic E-state index is 5.26. The predicted octanol–water partition coefficient (Wildman–Crippen LogP) is 11.3. The minimum atomic E-state index is 0.690. The molecule has 0 spiro atoms. The van der Waals surface area contributed by atoms with E-state index in [1.807, 2.05) is 30.3 Å². The van der Waals surface area contributed by atoms with E-state index >= 15 is 0 Å². The normalized spacial score (nSPS) is 11.3. The second-order valence-electron chi connectivity index (χ2n) is 12.1. The first-order chi connectivity index (χ1) is 24.3. The van der Waals surface area contributed by atoms with E-state index in [2.05, 4.69) is 156 Å². The van der Waals surface area contributed by atoms with E-state index in [9.17, 15) is 0 Å². The van der Waals surface area contributed by atoms with Crippen LogP contribution in [0, 0.1) is 0 Å². The molecule has 49 heavy (non-hydrogen) atoms. The lowest BCUT2D eigenvalue weighted by atomic mass is 9.98. The molecular weight excluding hydrogens is 597 g/mol. The van der Waals surface area contributed by atoms with Gasteiger partial charge in [-0.25, -0.2) is 14.6 Å². The highest BCUT2D eigenvalue weighted by Crippen LogP contribution is 2.37. The van der Waals surface area contributed by atoms with Crippen molar-refractivity contribution in [1.29, 1.82) is 0 Å². The number of nitrogens with zero attached hydrogens (tertiary/aromatic N) is 4. The summed E-state index contributed by atoms with van der Waals surface area (Å²) in [6, 6.07) is 63.1. The second kappa shape index (κ2) is 12.2. The highest BCUT2D eigenvalue weighted by atomic mass is 15.3. The van der Waals surface area contributed by atoms with Crippen molar-refractivity contribution in [2.45, 2.75) is 0 Å². The van der Waals surface area contributed by atoms with E-state index in [1.54, 1.807) is 0 Å². The van der Waals surface area contributed by atoms with Crippen LogP contribution in [0.15, 0.2) is 182 Å². The van der Waals surface area contributed by atoms with Crippen LogP contribution in [0.5, 0.6) is 0 Å². The molecule has 0 fully saturated rings. The Morgan fingerprint density at radius 2 is 0.959 bits per heavy atom. The summed E-state index contributed by atoms with van der Waals surface area (Å²) in [6.07, 6.45) is 0. The van der Waals surface area contributed by atoms with Gasteiger partial charge in [0.15, 0.2) is 5.82 Å². The summed E-state index contributed by atoms with van der Waals surface area (Å²) in [7, 11) is 0. The third-order valence-corrected chi connectivity index (χ3v) is 9.05. The minimum absolute atomic E-state index is 0.690. The van der Waals surface area contributed by atoms with Crippen LogP contribution in [-0.4, -0.2) is 19.7 Å². The Balaban J connectivity index is 1.20. The Kier molecular flexibility index (Phi) is 7.10. The number of hydrogen-bond donors (Lipinski definition) is 0. The number of benzene rings is 7. The molecule has 230 valence electrons. The molecule has 0 unspecified atom stereocenters. The Hall–Kier alpha value is -6.65. The summed E-state index contributed by atoms with van der Waals surface area (Å²) in [5.41, 5.74) is 11.2. The molecule has 0 radical (unpaired) electrons. The van der Waals surface area contributed by atoms with Crippen molar-refractivity contribution in [3.63, 3.8) is 0 Å². The number of aromatic nitrogens is 4. The zero-order chi connectivity index (χ0) is 32.6. The molecule has 0 saturated carbocycles. The first-order valence-corrected chi connectivity index (χ1v) is 16.5. The van der Waals surface area contributed by atoms with Crippen LogP contribution >= 0.6 is 0 Å². The maximum Gasteiger partial charge on any atom is 0.160 e. The number of hydrogen-bond acceptors (Lipinski definition) is 3. The highest BCUT2D eigenvalue weighted by molar-refractivity contribution is 6.13. The van der Waals surface area contributed by atoms with Crippen molar-refractivity contribution in [3.05, 3.63) is 182 Å². The van der Waals surface area contributed by atoms with Gasteiger partial charge in [-0.15, -0.1) is 0 Å². The molecule has 4 nitrogen and oxygen atoms in total. The molecule has 7 aromatic carbocycles. The first-order valence-electron chi connectivity index (χ1n) is 16.5. The van der Waals surface area contributed by atoms with Crippen LogP contribution in [0.3, 0.4) is 0 Å². The summed E-state index contributed by atoms with van der Waals surface area (Å²) in [4.78, 5) is 10.2. The summed E-state index contributed by atoms with van der Waals surface area (Å²) >= 11 is 0. The van der Waals surface area contributed by atoms with E-state index in [0.29, 0.717) is 5.82 Å². The standard InChI is InChI=1S/C45H30N4/c1-4-13-31(14-5-1)32-23-25-34(26-24-32)40-30-41(47-45(46-40)35-16-6-2-7-17-35)36-18-12-19-37(29-36)44-43-39-22-11-10-15-33(39)27-28-42(43)49(48-44)38-20-8-3-9-21-38/h1-30H. The zero-order valence-corrected chi connectivity index (χ0v) is 26.6. The van der Waals surface area contributed by atoms with E-state index in [1.165, 1.54) is 21.9 Å². The molecule has 2 heterocycles. The average molecular weight is 627 g/mol. The molecule has 2 aromatic heterocycles. The van der Waals surface area contributed by atoms with Gasteiger partial charge in [0.2, 0.25) is 0 Å². The third kappa shape index (κ3) is 5.35. The van der Waals surface area contributed by atoms with E-state index in [0.717, 1.165) is 55.9 Å². The monoisotopic (exact) mass is 626 g/mol. The quantitative estimate of drug-likeness (QED) is 0.184. The molecule has 0 N–H and O–H groups in total. The van der Waals surface area contributed by atoms with E-state index in [4.69, 9.17) is 15.1 Å². The van der Waals surface area contributed by atoms with Crippen LogP contribution in [0.4, 0.5) is 0 Å². The number of para-hydroxylation sites is 1. The van der Waals surface area contributed by atoms with Gasteiger partial charge in [0, 0.05) is 27.6 Å². The fourth-order valence-electron chi connectivity index (χ4n) is 6.61. The Morgan fingerprint density at radius 3 is 1.71 bits per heavy atom. The molecule has 0 aliphatic rings. The molecule has 9 rings (SSSR count). The smallest absolute Gasteiger partial charge is 0.160 e. The van der Waals surface area contributed by atoms with Crippen LogP contribution in [0.2, 0.25) is 0 Å². The summed E-state index contributed by atoms with van der Waals surface area (Å²) in [5.74, 6) is 0.690. The Morgan fingerprint density at radius 1 is 0.388 bits per heavy atom. The van der Waals surface area contributed by atoms with Gasteiger partial charge in [0.05, 0.1) is 22.6 Å². The lowest BCUT2D eigenvalue weighted by molar-refractivity contribution is 0.915. The number of rotatable bonds is 6. The van der Waals surface area contributed by atoms with Gasteiger partial charge < -0.3 is 0 Å². The minimum Gasteiger partial charge on any atom is -0.232 e. The topological polar surface area (TPSA) is 43.6 Å². The molecular formula is C45H30N4. The second-order valence-corrected chi connectivity index (χ2v) is 12.1. The zero-order valence-electron chi connectivity index (χ0n) is 26.6. The van der Waals surface area contributed by atoms with Gasteiger partial charge in [-0.05, 0) is 52.2 Å². The molecule has 0 saturated heterocycles. The molecule has 9 aromatic rings. The largest absolute Gasteiger partial charge is 0.232 e. The molecule has 4 heteroatoms. The van der Waals surface area contributed by atoms with Gasteiger partial charge in [0.1, 0.15) is 5.69 Å². The average Bonchev–Trinajstić information content (AvgIpc) is 3.59. The van der Waals surface area contributed by atoms with Gasteiger partial charge in [-0.3, -0.25) is 0 Å². The van der Waals surface area contributed by atoms with Crippen LogP contribution in [0.1, 0.15) is 0 Å². The van der Waals surface area contributed by atoms with Crippen LogP contribution in [0.25, 0.3) is 83.6 Å². The van der Waals surface area contributed by atoms with E-state index < -0.39 is 0 Å². The summed E-state index contributed by atoms with van der Waals surface area (Å²) < 4.78 is 2.05. The lowest BCUT2D eigenvalue weighted by Gasteiger charge is -2.11. The van der Waals surface area contributed by atoms with Crippen LogP contribution in [-0.2, 0) is 0 Å². The fourth-order valence-corrected chi connectivity index (χ4v) is 6.61. The predicted molar refractivity (Wildman–Crippen MR) is 201 cm³/mol. The van der Waals surface area contributed by atoms with Gasteiger partial charge >= 0.3 is 0 Å². The molecule has 0 aliphatic heterocycles. The number of fused-ring (bicyclic) bond motifs is 3. The van der Waals surface area contributed by atoms with E-state index in [-0.39, 0.29) is 0 Å². The summed E-state index contributed by atoms with van der Waals surface area (Å²) in [5, 5.41) is 8.76. The first kappa shape index (κ1) is 28.6. The molecule has 0 bridgehead atoms. The summed E-state index contributed by atoms with van der Waals surface area (Å²) in [6.45, 7) is 0. The lowest BCUT2D eigenvalue weighted by Crippen LogP contribution is -1.97. The SMILES string of the molecule is c1ccc(-c2ccc(-c3cc(-c4cccc(-c5nn(-c6ccccc6)c6ccc7ccccc7c56)c4)nc(-c4ccccc4)n3)cc2)cc1. The van der Waals surface area contributed by atoms with Crippen molar-refractivity contribution in [2.75, 3.05) is 0 Å². The van der Waals surface area contributed by atoms with Crippen molar-refractivity contribution in [2.24, 2.45) is 0 Å². The molecule has 0 atom stereocenters. The maximum absolute atomic E-state index is 5.26. The molecule has 0 aliphatic carbocycles. The fraction of sp³-hybridized carbons (Fsp3) is 0. The van der Waals surface area contributed by atoms with Crippen molar-refractivity contribution >= 4 is 21.7 Å². The van der Waals surface area contributed by atoms with Gasteiger partial charge in [0.25, 0.3) is 0 Å². The van der Waals surface area contributed by atoms with Crippen molar-refractivity contribution < 1.29 is 0 Å². The molecule has 0 amide bonds. The highest BCUT2D eigenvalue weighted by Gasteiger charge is 2.18. The Bertz CT molecular complexity index is 2570. The van der Waals surface area contributed by atoms with Crippen LogP contribution < -0.4 is 0 Å².